The van der Waals surface area contributed by atoms with Crippen molar-refractivity contribution in [1.29, 1.82) is 0 Å². The highest BCUT2D eigenvalue weighted by Crippen LogP contribution is 2.32. The van der Waals surface area contributed by atoms with Crippen LogP contribution in [0.3, 0.4) is 0 Å². The van der Waals surface area contributed by atoms with Crippen molar-refractivity contribution < 1.29 is 18.3 Å². The predicted molar refractivity (Wildman–Crippen MR) is 136 cm³/mol. The Hall–Kier alpha value is -4.07. The van der Waals surface area contributed by atoms with E-state index in [0.29, 0.717) is 29.5 Å². The molecular weight excluding hydrogens is 459 g/mol. The van der Waals surface area contributed by atoms with E-state index in [4.69, 9.17) is 14.3 Å². The van der Waals surface area contributed by atoms with Crippen LogP contribution in [0.4, 0.5) is 9.18 Å². The number of ether oxygens (including phenoxy) is 1. The van der Waals surface area contributed by atoms with Crippen molar-refractivity contribution in [3.63, 3.8) is 0 Å². The minimum Gasteiger partial charge on any atom is -0.467 e. The molecule has 0 aliphatic carbocycles. The molecule has 2 aromatic heterocycles. The van der Waals surface area contributed by atoms with Gasteiger partial charge in [0.2, 0.25) is 5.88 Å². The highest BCUT2D eigenvalue weighted by molar-refractivity contribution is 5.75. The van der Waals surface area contributed by atoms with Crippen LogP contribution in [0.2, 0.25) is 0 Å². The first kappa shape index (κ1) is 25.0. The van der Waals surface area contributed by atoms with Gasteiger partial charge in [-0.05, 0) is 75.7 Å². The van der Waals surface area contributed by atoms with Crippen molar-refractivity contribution in [2.24, 2.45) is 0 Å². The number of nitrogens with one attached hydrogen (secondary N) is 1. The monoisotopic (exact) mass is 490 g/mol. The molecular formula is C28H31FN4O3. The number of aryl methyl sites for hydroxylation is 1. The van der Waals surface area contributed by atoms with Crippen LogP contribution in [0.1, 0.15) is 44.7 Å². The molecule has 0 aliphatic heterocycles. The van der Waals surface area contributed by atoms with Gasteiger partial charge in [0.05, 0.1) is 36.3 Å². The molecule has 0 bridgehead atoms. The van der Waals surface area contributed by atoms with E-state index >= 15 is 0 Å². The fourth-order valence-electron chi connectivity index (χ4n) is 3.76. The molecule has 1 N–H and O–H groups in total. The van der Waals surface area contributed by atoms with Crippen LogP contribution < -0.4 is 10.1 Å². The number of furan rings is 1. The van der Waals surface area contributed by atoms with E-state index in [2.05, 4.69) is 5.32 Å². The molecule has 0 atom stereocenters. The number of hydrogen-bond donors (Lipinski definition) is 1. The number of para-hydroxylation sites is 1. The third-order valence-corrected chi connectivity index (χ3v) is 5.43. The number of hydrogen-bond acceptors (Lipinski definition) is 4. The topological polar surface area (TPSA) is 72.5 Å². The normalized spacial score (nSPS) is 11.4. The van der Waals surface area contributed by atoms with Crippen LogP contribution in [0.25, 0.3) is 5.69 Å². The lowest BCUT2D eigenvalue weighted by atomic mass is 10.1. The van der Waals surface area contributed by atoms with Crippen molar-refractivity contribution in [3.8, 4) is 17.3 Å². The fraction of sp³-hybridized carbons (Fsp3) is 0.286. The van der Waals surface area contributed by atoms with Gasteiger partial charge in [0, 0.05) is 5.54 Å². The Morgan fingerprint density at radius 1 is 1.06 bits per heavy atom. The van der Waals surface area contributed by atoms with Crippen molar-refractivity contribution in [2.45, 2.75) is 52.7 Å². The molecule has 36 heavy (non-hydrogen) atoms. The van der Waals surface area contributed by atoms with Crippen molar-refractivity contribution >= 4 is 6.03 Å². The molecule has 2 amide bonds. The Labute approximate surface area is 210 Å². The maximum Gasteiger partial charge on any atom is 0.318 e. The Kier molecular flexibility index (Phi) is 7.43. The molecule has 188 valence electrons. The summed E-state index contributed by atoms with van der Waals surface area (Å²) in [6, 6.07) is 18.8. The van der Waals surface area contributed by atoms with Gasteiger partial charge >= 0.3 is 6.03 Å². The number of amides is 2. The molecule has 0 unspecified atom stereocenters. The first-order valence-corrected chi connectivity index (χ1v) is 11.9. The van der Waals surface area contributed by atoms with Crippen LogP contribution in [-0.2, 0) is 19.5 Å². The van der Waals surface area contributed by atoms with Gasteiger partial charge in [-0.3, -0.25) is 0 Å². The van der Waals surface area contributed by atoms with E-state index in [9.17, 15) is 9.18 Å². The minimum atomic E-state index is -0.423. The average Bonchev–Trinajstić information content (AvgIpc) is 3.47. The first-order chi connectivity index (χ1) is 17.2. The summed E-state index contributed by atoms with van der Waals surface area (Å²) in [4.78, 5) is 15.0. The van der Waals surface area contributed by atoms with Crippen LogP contribution in [-0.4, -0.2) is 26.3 Å². The van der Waals surface area contributed by atoms with Gasteiger partial charge in [-0.15, -0.1) is 0 Å². The largest absolute Gasteiger partial charge is 0.467 e. The number of halogens is 1. The van der Waals surface area contributed by atoms with Crippen LogP contribution in [0.5, 0.6) is 11.6 Å². The third kappa shape index (κ3) is 6.13. The lowest BCUT2D eigenvalue weighted by Gasteiger charge is -2.28. The van der Waals surface area contributed by atoms with E-state index in [1.54, 1.807) is 34.0 Å². The molecule has 7 nitrogen and oxygen atoms in total. The number of urea groups is 1. The van der Waals surface area contributed by atoms with E-state index in [-0.39, 0.29) is 24.9 Å². The molecule has 4 rings (SSSR count). The van der Waals surface area contributed by atoms with Crippen LogP contribution in [0.15, 0.2) is 77.4 Å². The Bertz CT molecular complexity index is 1280. The second-order valence-electron chi connectivity index (χ2n) is 9.50. The Balaban J connectivity index is 1.79. The van der Waals surface area contributed by atoms with E-state index in [1.807, 2.05) is 64.1 Å². The Morgan fingerprint density at radius 2 is 1.78 bits per heavy atom. The molecule has 0 radical (unpaired) electrons. The maximum absolute atomic E-state index is 13.7. The lowest BCUT2D eigenvalue weighted by molar-refractivity contribution is 0.177. The van der Waals surface area contributed by atoms with Crippen molar-refractivity contribution in [2.75, 3.05) is 0 Å². The maximum atomic E-state index is 13.7. The number of carbonyl (C=O) groups is 1. The average molecular weight is 491 g/mol. The number of nitrogens with zero attached hydrogens (tertiary/aromatic N) is 3. The summed E-state index contributed by atoms with van der Waals surface area (Å²) in [6.07, 6.45) is 2.20. The fourth-order valence-corrected chi connectivity index (χ4v) is 3.76. The van der Waals surface area contributed by atoms with E-state index < -0.39 is 5.54 Å². The predicted octanol–water partition coefficient (Wildman–Crippen LogP) is 6.47. The van der Waals surface area contributed by atoms with Crippen molar-refractivity contribution in [1.82, 2.24) is 20.0 Å². The molecule has 0 saturated carbocycles. The van der Waals surface area contributed by atoms with Gasteiger partial charge in [-0.1, -0.05) is 25.1 Å². The highest BCUT2D eigenvalue weighted by atomic mass is 19.1. The van der Waals surface area contributed by atoms with Crippen LogP contribution in [0, 0.1) is 5.82 Å². The van der Waals surface area contributed by atoms with Gasteiger partial charge in [0.1, 0.15) is 17.3 Å². The highest BCUT2D eigenvalue weighted by Gasteiger charge is 2.27. The number of benzene rings is 2. The summed E-state index contributed by atoms with van der Waals surface area (Å²) in [5.41, 5.74) is 1.77. The second kappa shape index (κ2) is 10.7. The van der Waals surface area contributed by atoms with E-state index in [1.165, 1.54) is 12.1 Å². The zero-order valence-electron chi connectivity index (χ0n) is 21.0. The number of rotatable bonds is 8. The van der Waals surface area contributed by atoms with E-state index in [0.717, 1.165) is 11.3 Å². The van der Waals surface area contributed by atoms with Gasteiger partial charge in [-0.2, -0.15) is 5.10 Å². The smallest absolute Gasteiger partial charge is 0.318 e. The third-order valence-electron chi connectivity index (χ3n) is 5.43. The summed E-state index contributed by atoms with van der Waals surface area (Å²) in [5.74, 6) is 1.42. The summed E-state index contributed by atoms with van der Waals surface area (Å²) >= 11 is 0. The molecule has 0 aliphatic rings. The van der Waals surface area contributed by atoms with Crippen LogP contribution >= 0.6 is 0 Å². The molecule has 2 heterocycles. The van der Waals surface area contributed by atoms with Gasteiger partial charge in [0.25, 0.3) is 0 Å². The molecule has 0 spiro atoms. The Morgan fingerprint density at radius 3 is 2.39 bits per heavy atom. The molecule has 8 heteroatoms. The molecule has 4 aromatic rings. The first-order valence-electron chi connectivity index (χ1n) is 11.9. The van der Waals surface area contributed by atoms with Gasteiger partial charge < -0.3 is 19.4 Å². The number of aromatic nitrogens is 2. The standard InChI is InChI=1S/C28H31FN4O3/c1-5-25-24(19-32(18-23-12-9-17-35-23)27(34)30-28(2,3)4)26(36-22-10-7-6-8-11-22)33(31-25)21-15-13-20(29)14-16-21/h6-17H,5,18-19H2,1-4H3,(H,30,34). The summed E-state index contributed by atoms with van der Waals surface area (Å²) in [7, 11) is 0. The second-order valence-corrected chi connectivity index (χ2v) is 9.50. The molecule has 2 aromatic carbocycles. The number of carbonyl (C=O) groups excluding carboxylic acids is 1. The molecule has 0 saturated heterocycles. The van der Waals surface area contributed by atoms with Crippen molar-refractivity contribution in [3.05, 3.63) is 95.8 Å². The lowest BCUT2D eigenvalue weighted by Crippen LogP contribution is -2.48. The summed E-state index contributed by atoms with van der Waals surface area (Å²) in [6.45, 7) is 8.30. The molecule has 0 fully saturated rings. The zero-order chi connectivity index (χ0) is 25.7. The summed E-state index contributed by atoms with van der Waals surface area (Å²) < 4.78 is 27.2. The van der Waals surface area contributed by atoms with Gasteiger partial charge in [0.15, 0.2) is 0 Å². The quantitative estimate of drug-likeness (QED) is 0.307. The summed E-state index contributed by atoms with van der Waals surface area (Å²) in [5, 5.41) is 7.84. The zero-order valence-corrected chi connectivity index (χ0v) is 21.0. The SMILES string of the molecule is CCc1nn(-c2ccc(F)cc2)c(Oc2ccccc2)c1CN(Cc1ccco1)C(=O)NC(C)(C)C. The van der Waals surface area contributed by atoms with Gasteiger partial charge in [-0.25, -0.2) is 13.9 Å². The minimum absolute atomic E-state index is 0.231.